The number of para-hydroxylation sites is 1. The number of hydrogen-bond acceptors (Lipinski definition) is 2. The van der Waals surface area contributed by atoms with Gasteiger partial charge >= 0.3 is 0 Å². The van der Waals surface area contributed by atoms with E-state index in [0.717, 1.165) is 11.3 Å². The lowest BCUT2D eigenvalue weighted by Gasteiger charge is -2.04. The van der Waals surface area contributed by atoms with Crippen LogP contribution in [0.4, 0.5) is 5.69 Å². The Kier molecular flexibility index (Phi) is 3.86. The molecule has 0 fully saturated rings. The quantitative estimate of drug-likeness (QED) is 0.870. The van der Waals surface area contributed by atoms with Crippen molar-refractivity contribution >= 4 is 11.6 Å². The zero-order valence-corrected chi connectivity index (χ0v) is 9.47. The van der Waals surface area contributed by atoms with Crippen molar-refractivity contribution in [3.8, 4) is 0 Å². The third-order valence-corrected chi connectivity index (χ3v) is 2.42. The summed E-state index contributed by atoms with van der Waals surface area (Å²) in [5.41, 5.74) is 1.92. The fraction of sp³-hybridized carbons (Fsp3) is 0.143. The first-order valence-corrected chi connectivity index (χ1v) is 5.58. The van der Waals surface area contributed by atoms with E-state index < -0.39 is 0 Å². The summed E-state index contributed by atoms with van der Waals surface area (Å²) in [7, 11) is 0. The van der Waals surface area contributed by atoms with Gasteiger partial charge in [-0.25, -0.2) is 0 Å². The minimum absolute atomic E-state index is 0.0278. The van der Waals surface area contributed by atoms with E-state index in [1.165, 1.54) is 0 Å². The van der Waals surface area contributed by atoms with Crippen molar-refractivity contribution in [2.45, 2.75) is 12.8 Å². The Balaban J connectivity index is 1.83. The third-order valence-electron chi connectivity index (χ3n) is 2.42. The van der Waals surface area contributed by atoms with E-state index in [4.69, 9.17) is 0 Å². The van der Waals surface area contributed by atoms with E-state index >= 15 is 0 Å². The molecule has 3 nitrogen and oxygen atoms in total. The van der Waals surface area contributed by atoms with Crippen LogP contribution in [0.15, 0.2) is 54.9 Å². The lowest BCUT2D eigenvalue weighted by atomic mass is 10.1. The fourth-order valence-corrected chi connectivity index (χ4v) is 1.55. The Hall–Kier alpha value is -2.16. The molecule has 3 heteroatoms. The average molecular weight is 226 g/mol. The zero-order chi connectivity index (χ0) is 11.9. The van der Waals surface area contributed by atoms with Crippen LogP contribution in [0.3, 0.4) is 0 Å². The molecule has 0 saturated carbocycles. The summed E-state index contributed by atoms with van der Waals surface area (Å²) in [5, 5.41) is 2.85. The van der Waals surface area contributed by atoms with E-state index in [1.807, 2.05) is 42.5 Å². The Labute approximate surface area is 101 Å². The number of nitrogens with one attached hydrogen (secondary N) is 1. The Morgan fingerprint density at radius 2 is 1.94 bits per heavy atom. The molecule has 0 spiro atoms. The van der Waals surface area contributed by atoms with Crippen LogP contribution in [0.1, 0.15) is 12.0 Å². The van der Waals surface area contributed by atoms with Crippen molar-refractivity contribution in [3.63, 3.8) is 0 Å². The molecule has 0 atom stereocenters. The summed E-state index contributed by atoms with van der Waals surface area (Å²) in [6.45, 7) is 0. The summed E-state index contributed by atoms with van der Waals surface area (Å²) < 4.78 is 0. The second-order valence-corrected chi connectivity index (χ2v) is 3.78. The van der Waals surface area contributed by atoms with Crippen molar-refractivity contribution in [3.05, 3.63) is 60.4 Å². The minimum atomic E-state index is 0.0278. The van der Waals surface area contributed by atoms with E-state index in [1.54, 1.807) is 12.4 Å². The maximum Gasteiger partial charge on any atom is 0.224 e. The van der Waals surface area contributed by atoms with Gasteiger partial charge in [0.1, 0.15) is 0 Å². The fourth-order valence-electron chi connectivity index (χ4n) is 1.55. The number of hydrogen-bond donors (Lipinski definition) is 1. The summed E-state index contributed by atoms with van der Waals surface area (Å²) in [6, 6.07) is 13.3. The lowest BCUT2D eigenvalue weighted by Crippen LogP contribution is -2.12. The predicted octanol–water partition coefficient (Wildman–Crippen LogP) is 2.65. The number of carbonyl (C=O) groups excluding carboxylic acids is 1. The van der Waals surface area contributed by atoms with Gasteiger partial charge in [-0.2, -0.15) is 0 Å². The van der Waals surface area contributed by atoms with E-state index in [-0.39, 0.29) is 5.91 Å². The number of carbonyl (C=O) groups is 1. The molecular formula is C14H14N2O. The molecule has 1 aromatic carbocycles. The molecule has 0 unspecified atom stereocenters. The molecule has 86 valence electrons. The maximum absolute atomic E-state index is 11.7. The van der Waals surface area contributed by atoms with Crippen LogP contribution >= 0.6 is 0 Å². The number of aryl methyl sites for hydroxylation is 1. The first-order valence-electron chi connectivity index (χ1n) is 5.58. The Bertz CT molecular complexity index is 468. The second-order valence-electron chi connectivity index (χ2n) is 3.78. The van der Waals surface area contributed by atoms with Gasteiger partial charge < -0.3 is 5.32 Å². The molecule has 0 aliphatic rings. The number of amides is 1. The highest BCUT2D eigenvalue weighted by molar-refractivity contribution is 5.90. The molecule has 0 bridgehead atoms. The van der Waals surface area contributed by atoms with Crippen molar-refractivity contribution in [1.82, 2.24) is 4.98 Å². The molecule has 2 aromatic rings. The van der Waals surface area contributed by atoms with Crippen LogP contribution in [0.5, 0.6) is 0 Å². The van der Waals surface area contributed by atoms with E-state index in [0.29, 0.717) is 12.8 Å². The van der Waals surface area contributed by atoms with Gasteiger partial charge in [-0.3, -0.25) is 9.78 Å². The standard InChI is InChI=1S/C14H14N2O/c17-14(16-13-6-2-1-3-7-13)9-8-12-5-4-10-15-11-12/h1-7,10-11H,8-9H2,(H,16,17). The number of pyridine rings is 1. The molecule has 0 radical (unpaired) electrons. The Morgan fingerprint density at radius 3 is 2.65 bits per heavy atom. The smallest absolute Gasteiger partial charge is 0.224 e. The molecule has 0 saturated heterocycles. The SMILES string of the molecule is O=C(CCc1cccnc1)Nc1ccccc1. The minimum Gasteiger partial charge on any atom is -0.326 e. The molecular weight excluding hydrogens is 212 g/mol. The van der Waals surface area contributed by atoms with Gasteiger partial charge in [0.15, 0.2) is 0 Å². The van der Waals surface area contributed by atoms with Crippen molar-refractivity contribution in [1.29, 1.82) is 0 Å². The second kappa shape index (κ2) is 5.80. The predicted molar refractivity (Wildman–Crippen MR) is 67.6 cm³/mol. The van der Waals surface area contributed by atoms with Gasteiger partial charge in [0.25, 0.3) is 0 Å². The number of benzene rings is 1. The third kappa shape index (κ3) is 3.72. The zero-order valence-electron chi connectivity index (χ0n) is 9.47. The topological polar surface area (TPSA) is 42.0 Å². The van der Waals surface area contributed by atoms with Crippen LogP contribution < -0.4 is 5.32 Å². The Morgan fingerprint density at radius 1 is 1.12 bits per heavy atom. The lowest BCUT2D eigenvalue weighted by molar-refractivity contribution is -0.116. The van der Waals surface area contributed by atoms with Crippen LogP contribution in [-0.4, -0.2) is 10.9 Å². The molecule has 2 rings (SSSR count). The number of anilines is 1. The van der Waals surface area contributed by atoms with Gasteiger partial charge in [-0.15, -0.1) is 0 Å². The average Bonchev–Trinajstić information content (AvgIpc) is 2.39. The molecule has 17 heavy (non-hydrogen) atoms. The highest BCUT2D eigenvalue weighted by atomic mass is 16.1. The van der Waals surface area contributed by atoms with Crippen LogP contribution in [0.2, 0.25) is 0 Å². The van der Waals surface area contributed by atoms with Gasteiger partial charge in [-0.1, -0.05) is 24.3 Å². The van der Waals surface area contributed by atoms with Crippen LogP contribution in [-0.2, 0) is 11.2 Å². The van der Waals surface area contributed by atoms with Gasteiger partial charge in [0, 0.05) is 24.5 Å². The molecule has 0 aliphatic heterocycles. The van der Waals surface area contributed by atoms with Gasteiger partial charge in [-0.05, 0) is 30.2 Å². The monoisotopic (exact) mass is 226 g/mol. The highest BCUT2D eigenvalue weighted by Crippen LogP contribution is 2.07. The highest BCUT2D eigenvalue weighted by Gasteiger charge is 2.02. The summed E-state index contributed by atoms with van der Waals surface area (Å²) in [6.07, 6.45) is 4.70. The summed E-state index contributed by atoms with van der Waals surface area (Å²) in [5.74, 6) is 0.0278. The van der Waals surface area contributed by atoms with E-state index in [2.05, 4.69) is 10.3 Å². The molecule has 0 aliphatic carbocycles. The van der Waals surface area contributed by atoms with Crippen molar-refractivity contribution in [2.24, 2.45) is 0 Å². The first kappa shape index (κ1) is 11.3. The van der Waals surface area contributed by atoms with Crippen LogP contribution in [0, 0.1) is 0 Å². The maximum atomic E-state index is 11.7. The van der Waals surface area contributed by atoms with Crippen molar-refractivity contribution in [2.75, 3.05) is 5.32 Å². The summed E-state index contributed by atoms with van der Waals surface area (Å²) in [4.78, 5) is 15.7. The van der Waals surface area contributed by atoms with Crippen molar-refractivity contribution < 1.29 is 4.79 Å². The molecule has 1 N–H and O–H groups in total. The number of rotatable bonds is 4. The largest absolute Gasteiger partial charge is 0.326 e. The summed E-state index contributed by atoms with van der Waals surface area (Å²) >= 11 is 0. The van der Waals surface area contributed by atoms with Crippen LogP contribution in [0.25, 0.3) is 0 Å². The molecule has 1 amide bonds. The molecule has 1 aromatic heterocycles. The first-order chi connectivity index (χ1) is 8.34. The van der Waals surface area contributed by atoms with Gasteiger partial charge in [0.2, 0.25) is 5.91 Å². The normalized spacial score (nSPS) is 9.88. The van der Waals surface area contributed by atoms with E-state index in [9.17, 15) is 4.79 Å². The number of aromatic nitrogens is 1. The molecule has 1 heterocycles. The number of nitrogens with zero attached hydrogens (tertiary/aromatic N) is 1. The van der Waals surface area contributed by atoms with Gasteiger partial charge in [0.05, 0.1) is 0 Å².